The lowest BCUT2D eigenvalue weighted by molar-refractivity contribution is -0.150. The predicted molar refractivity (Wildman–Crippen MR) is 72.3 cm³/mol. The van der Waals surface area contributed by atoms with Gasteiger partial charge in [-0.3, -0.25) is 9.59 Å². The van der Waals surface area contributed by atoms with Gasteiger partial charge in [0.25, 0.3) is 0 Å². The van der Waals surface area contributed by atoms with Gasteiger partial charge in [-0.1, -0.05) is 11.6 Å². The molecule has 3 N–H and O–H groups in total. The van der Waals surface area contributed by atoms with Crippen molar-refractivity contribution in [3.63, 3.8) is 0 Å². The van der Waals surface area contributed by atoms with Crippen LogP contribution in [0.5, 0.6) is 0 Å². The summed E-state index contributed by atoms with van der Waals surface area (Å²) < 4.78 is 43.0. The van der Waals surface area contributed by atoms with E-state index in [1.54, 1.807) is 0 Å². The number of ether oxygens (including phenoxy) is 1. The Morgan fingerprint density at radius 2 is 2.00 bits per heavy atom. The number of carboxylic acid groups (broad SMARTS) is 1. The Bertz CT molecular complexity index is 589. The number of halogens is 4. The van der Waals surface area contributed by atoms with Crippen molar-refractivity contribution >= 4 is 29.2 Å². The van der Waals surface area contributed by atoms with Gasteiger partial charge in [-0.2, -0.15) is 13.2 Å². The largest absolute Gasteiger partial charge is 0.481 e. The lowest BCUT2D eigenvalue weighted by Crippen LogP contribution is -2.22. The number of aliphatic carboxylic acids is 1. The lowest BCUT2D eigenvalue weighted by Gasteiger charge is -2.16. The van der Waals surface area contributed by atoms with E-state index in [1.165, 1.54) is 6.07 Å². The van der Waals surface area contributed by atoms with Crippen LogP contribution in [0.4, 0.5) is 18.9 Å². The van der Waals surface area contributed by atoms with Gasteiger partial charge in [0, 0.05) is 0 Å². The van der Waals surface area contributed by atoms with Crippen molar-refractivity contribution in [1.82, 2.24) is 0 Å². The van der Waals surface area contributed by atoms with Gasteiger partial charge in [-0.15, -0.1) is 0 Å². The van der Waals surface area contributed by atoms with Crippen molar-refractivity contribution in [3.8, 4) is 0 Å². The third-order valence-corrected chi connectivity index (χ3v) is 3.25. The third kappa shape index (κ3) is 4.52. The van der Waals surface area contributed by atoms with Crippen molar-refractivity contribution in [3.05, 3.63) is 28.3 Å². The van der Waals surface area contributed by atoms with E-state index in [0.29, 0.717) is 0 Å². The van der Waals surface area contributed by atoms with Crippen LogP contribution < -0.4 is 5.73 Å². The number of esters is 1. The number of benzene rings is 1. The molecule has 9 heteroatoms. The second kappa shape index (κ2) is 6.87. The summed E-state index contributed by atoms with van der Waals surface area (Å²) in [7, 11) is 1.06. The molecule has 1 rings (SSSR count). The summed E-state index contributed by atoms with van der Waals surface area (Å²) in [5, 5.41) is 8.44. The maximum Gasteiger partial charge on any atom is 0.418 e. The molecule has 0 amide bonds. The van der Waals surface area contributed by atoms with Crippen LogP contribution in [-0.4, -0.2) is 24.2 Å². The van der Waals surface area contributed by atoms with Crippen LogP contribution >= 0.6 is 11.6 Å². The fourth-order valence-corrected chi connectivity index (χ4v) is 2.17. The number of hydrogen-bond donors (Lipinski definition) is 2. The molecule has 5 nitrogen and oxygen atoms in total. The second-order valence-electron chi connectivity index (χ2n) is 4.56. The minimum Gasteiger partial charge on any atom is -0.481 e. The normalized spacial score (nSPS) is 12.8. The zero-order valence-corrected chi connectivity index (χ0v) is 12.2. The Labute approximate surface area is 128 Å². The average molecular weight is 340 g/mol. The van der Waals surface area contributed by atoms with Crippen molar-refractivity contribution in [1.29, 1.82) is 0 Å². The quantitative estimate of drug-likeness (QED) is 0.636. The van der Waals surface area contributed by atoms with Crippen LogP contribution in [0.3, 0.4) is 0 Å². The smallest absolute Gasteiger partial charge is 0.418 e. The first-order valence-corrected chi connectivity index (χ1v) is 6.38. The summed E-state index contributed by atoms with van der Waals surface area (Å²) in [6, 6.07) is 1.92. The molecule has 0 spiro atoms. The number of nitrogens with two attached hydrogens (primary N) is 1. The summed E-state index contributed by atoms with van der Waals surface area (Å²) in [5.74, 6) is -3.22. The first-order valence-electron chi connectivity index (χ1n) is 6.01. The first kappa shape index (κ1) is 18.1. The summed E-state index contributed by atoms with van der Waals surface area (Å²) in [6.07, 6.45) is -5.55. The second-order valence-corrected chi connectivity index (χ2v) is 4.97. The van der Waals surface area contributed by atoms with E-state index >= 15 is 0 Å². The lowest BCUT2D eigenvalue weighted by atomic mass is 9.94. The zero-order valence-electron chi connectivity index (χ0n) is 11.4. The van der Waals surface area contributed by atoms with E-state index in [1.807, 2.05) is 0 Å². The number of carboxylic acids is 1. The topological polar surface area (TPSA) is 89.6 Å². The standard InChI is InChI=1S/C13H13ClF3NO4/c1-22-12(21)7(5-10(19)20)2-6-3-8(13(15,16)17)11(18)9(14)4-6/h3-4,7H,2,5,18H2,1H3,(H,19,20). The van der Waals surface area contributed by atoms with Crippen molar-refractivity contribution in [2.24, 2.45) is 5.92 Å². The fraction of sp³-hybridized carbons (Fsp3) is 0.385. The van der Waals surface area contributed by atoms with Crippen LogP contribution in [0.2, 0.25) is 5.02 Å². The predicted octanol–water partition coefficient (Wildman–Crippen LogP) is 2.75. The summed E-state index contributed by atoms with van der Waals surface area (Å²) >= 11 is 5.67. The highest BCUT2D eigenvalue weighted by molar-refractivity contribution is 6.33. The summed E-state index contributed by atoms with van der Waals surface area (Å²) in [6.45, 7) is 0. The molecule has 1 aromatic carbocycles. The number of hydrogen-bond acceptors (Lipinski definition) is 4. The molecule has 0 bridgehead atoms. The Hall–Kier alpha value is -1.96. The van der Waals surface area contributed by atoms with Gasteiger partial charge in [0.1, 0.15) is 0 Å². The first-order chi connectivity index (χ1) is 10.1. The molecule has 0 aromatic heterocycles. The van der Waals surface area contributed by atoms with Gasteiger partial charge in [0.15, 0.2) is 0 Å². The van der Waals surface area contributed by atoms with E-state index in [0.717, 1.165) is 13.2 Å². The molecule has 1 aromatic rings. The van der Waals surface area contributed by atoms with Gasteiger partial charge in [0.05, 0.1) is 35.7 Å². The van der Waals surface area contributed by atoms with E-state index in [9.17, 15) is 22.8 Å². The molecule has 0 saturated carbocycles. The highest BCUT2D eigenvalue weighted by Crippen LogP contribution is 2.38. The molecule has 122 valence electrons. The van der Waals surface area contributed by atoms with Gasteiger partial charge in [0.2, 0.25) is 0 Å². The SMILES string of the molecule is COC(=O)C(CC(=O)O)Cc1cc(Cl)c(N)c(C(F)(F)F)c1. The Morgan fingerprint density at radius 3 is 2.45 bits per heavy atom. The molecule has 0 saturated heterocycles. The van der Waals surface area contributed by atoms with Gasteiger partial charge >= 0.3 is 18.1 Å². The number of carbonyl (C=O) groups excluding carboxylic acids is 1. The molecule has 1 atom stereocenters. The molecule has 0 aliphatic rings. The highest BCUT2D eigenvalue weighted by atomic mass is 35.5. The number of anilines is 1. The van der Waals surface area contributed by atoms with Gasteiger partial charge in [-0.05, 0) is 24.1 Å². The molecule has 0 aliphatic heterocycles. The summed E-state index contributed by atoms with van der Waals surface area (Å²) in [5.41, 5.74) is 3.59. The van der Waals surface area contributed by atoms with E-state index < -0.39 is 41.7 Å². The number of methoxy groups -OCH3 is 1. The molecule has 22 heavy (non-hydrogen) atoms. The van der Waals surface area contributed by atoms with Crippen LogP contribution in [0.15, 0.2) is 12.1 Å². The number of carbonyl (C=O) groups is 2. The molecule has 0 heterocycles. The van der Waals surface area contributed by atoms with Gasteiger partial charge < -0.3 is 15.6 Å². The molecule has 0 fully saturated rings. The minimum absolute atomic E-state index is 0.0446. The molecular weight excluding hydrogens is 327 g/mol. The highest BCUT2D eigenvalue weighted by Gasteiger charge is 2.34. The van der Waals surface area contributed by atoms with Crippen molar-refractivity contribution in [2.75, 3.05) is 12.8 Å². The Morgan fingerprint density at radius 1 is 1.41 bits per heavy atom. The Kier molecular flexibility index (Phi) is 5.65. The monoisotopic (exact) mass is 339 g/mol. The molecule has 0 radical (unpaired) electrons. The molecular formula is C13H13ClF3NO4. The third-order valence-electron chi connectivity index (χ3n) is 2.93. The number of alkyl halides is 3. The van der Waals surface area contributed by atoms with E-state index in [-0.39, 0.29) is 17.0 Å². The average Bonchev–Trinajstić information content (AvgIpc) is 2.39. The molecule has 0 aliphatic carbocycles. The Balaban J connectivity index is 3.17. The maximum absolute atomic E-state index is 12.9. The fourth-order valence-electron chi connectivity index (χ4n) is 1.93. The zero-order chi connectivity index (χ0) is 17.1. The summed E-state index contributed by atoms with van der Waals surface area (Å²) in [4.78, 5) is 22.3. The van der Waals surface area contributed by atoms with Crippen molar-refractivity contribution in [2.45, 2.75) is 19.0 Å². The molecule has 1 unspecified atom stereocenters. The minimum atomic E-state index is -4.71. The van der Waals surface area contributed by atoms with Gasteiger partial charge in [-0.25, -0.2) is 0 Å². The van der Waals surface area contributed by atoms with Crippen LogP contribution in [0, 0.1) is 5.92 Å². The van der Waals surface area contributed by atoms with Crippen LogP contribution in [0.25, 0.3) is 0 Å². The number of nitrogen functional groups attached to an aromatic ring is 1. The number of rotatable bonds is 5. The van der Waals surface area contributed by atoms with Crippen LogP contribution in [-0.2, 0) is 26.9 Å². The van der Waals surface area contributed by atoms with E-state index in [4.69, 9.17) is 22.4 Å². The van der Waals surface area contributed by atoms with Crippen molar-refractivity contribution < 1.29 is 32.6 Å². The van der Waals surface area contributed by atoms with Crippen LogP contribution in [0.1, 0.15) is 17.5 Å². The maximum atomic E-state index is 12.9. The van der Waals surface area contributed by atoms with E-state index in [2.05, 4.69) is 4.74 Å².